The van der Waals surface area contributed by atoms with Crippen LogP contribution in [0.2, 0.25) is 0 Å². The van der Waals surface area contributed by atoms with E-state index in [-0.39, 0.29) is 0 Å². The summed E-state index contributed by atoms with van der Waals surface area (Å²) in [7, 11) is 0. The Labute approximate surface area is 97.3 Å². The quantitative estimate of drug-likeness (QED) is 0.800. The summed E-state index contributed by atoms with van der Waals surface area (Å²) >= 11 is 3.48. The molecule has 2 rings (SSSR count). The summed E-state index contributed by atoms with van der Waals surface area (Å²) in [5.74, 6) is 0. The fourth-order valence-electron chi connectivity index (χ4n) is 1.48. The zero-order chi connectivity index (χ0) is 10.7. The Bertz CT molecular complexity index is 436. The van der Waals surface area contributed by atoms with Crippen molar-refractivity contribution in [1.29, 1.82) is 0 Å². The molecule has 0 N–H and O–H groups in total. The topological polar surface area (TPSA) is 30.7 Å². The first-order chi connectivity index (χ1) is 7.35. The van der Waals surface area contributed by atoms with Crippen molar-refractivity contribution in [3.05, 3.63) is 36.3 Å². The Morgan fingerprint density at radius 1 is 1.33 bits per heavy atom. The average Bonchev–Trinajstić information content (AvgIpc) is 2.73. The molecule has 0 radical (unpaired) electrons. The Hall–Kier alpha value is -1.16. The van der Waals surface area contributed by atoms with E-state index in [9.17, 15) is 0 Å². The van der Waals surface area contributed by atoms with Crippen molar-refractivity contribution in [3.63, 3.8) is 0 Å². The normalized spacial score (nSPS) is 10.5. The monoisotopic (exact) mass is 265 g/mol. The molecule has 78 valence electrons. The number of aryl methyl sites for hydroxylation is 1. The third-order valence-electron chi connectivity index (χ3n) is 2.26. The zero-order valence-corrected chi connectivity index (χ0v) is 10.1. The van der Waals surface area contributed by atoms with E-state index >= 15 is 0 Å². The lowest BCUT2D eigenvalue weighted by molar-refractivity contribution is 0.661. The van der Waals surface area contributed by atoms with Gasteiger partial charge in [0.25, 0.3) is 0 Å². The van der Waals surface area contributed by atoms with E-state index in [4.69, 9.17) is 0 Å². The molecule has 0 atom stereocenters. The molecular formula is C11H12BrN3. The molecule has 2 aromatic heterocycles. The van der Waals surface area contributed by atoms with Crippen LogP contribution in [-0.4, -0.2) is 14.8 Å². The maximum absolute atomic E-state index is 4.53. The first-order valence-electron chi connectivity index (χ1n) is 4.88. The van der Waals surface area contributed by atoms with E-state index in [1.165, 1.54) is 5.56 Å². The van der Waals surface area contributed by atoms with Gasteiger partial charge in [-0.05, 0) is 19.1 Å². The number of aromatic nitrogens is 3. The van der Waals surface area contributed by atoms with Crippen LogP contribution in [0.4, 0.5) is 0 Å². The van der Waals surface area contributed by atoms with Gasteiger partial charge >= 0.3 is 0 Å². The van der Waals surface area contributed by atoms with Gasteiger partial charge in [-0.15, -0.1) is 0 Å². The van der Waals surface area contributed by atoms with Crippen molar-refractivity contribution < 1.29 is 0 Å². The van der Waals surface area contributed by atoms with Crippen molar-refractivity contribution >= 4 is 15.9 Å². The Kier molecular flexibility index (Phi) is 3.16. The van der Waals surface area contributed by atoms with Gasteiger partial charge < -0.3 is 0 Å². The second kappa shape index (κ2) is 4.57. The smallest absolute Gasteiger partial charge is 0.0964 e. The fourth-order valence-corrected chi connectivity index (χ4v) is 1.89. The molecule has 2 heterocycles. The number of hydrogen-bond donors (Lipinski definition) is 0. The molecule has 0 bridgehead atoms. The van der Waals surface area contributed by atoms with E-state index < -0.39 is 0 Å². The molecule has 0 aromatic carbocycles. The number of hydrogen-bond acceptors (Lipinski definition) is 2. The highest BCUT2D eigenvalue weighted by atomic mass is 79.9. The lowest BCUT2D eigenvalue weighted by Gasteiger charge is -1.97. The molecule has 4 heteroatoms. The van der Waals surface area contributed by atoms with E-state index in [0.29, 0.717) is 0 Å². The number of pyridine rings is 1. The van der Waals surface area contributed by atoms with Crippen LogP contribution in [-0.2, 0) is 11.9 Å². The molecule has 3 nitrogen and oxygen atoms in total. The maximum Gasteiger partial charge on any atom is 0.0964 e. The van der Waals surface area contributed by atoms with Gasteiger partial charge in [0.1, 0.15) is 0 Å². The lowest BCUT2D eigenvalue weighted by Crippen LogP contribution is -1.93. The Morgan fingerprint density at radius 3 is 2.67 bits per heavy atom. The average molecular weight is 266 g/mol. The van der Waals surface area contributed by atoms with Gasteiger partial charge in [0.15, 0.2) is 0 Å². The van der Waals surface area contributed by atoms with Gasteiger partial charge in [0.05, 0.1) is 5.69 Å². The summed E-state index contributed by atoms with van der Waals surface area (Å²) < 4.78 is 1.95. The molecule has 0 spiro atoms. The van der Waals surface area contributed by atoms with Crippen molar-refractivity contribution in [1.82, 2.24) is 14.8 Å². The Balaban J connectivity index is 2.47. The lowest BCUT2D eigenvalue weighted by atomic mass is 10.1. The Morgan fingerprint density at radius 2 is 2.07 bits per heavy atom. The van der Waals surface area contributed by atoms with Gasteiger partial charge in [-0.1, -0.05) is 15.9 Å². The molecule has 0 saturated heterocycles. The van der Waals surface area contributed by atoms with Gasteiger partial charge in [-0.25, -0.2) is 0 Å². The molecule has 0 aliphatic heterocycles. The van der Waals surface area contributed by atoms with Crippen molar-refractivity contribution in [2.75, 3.05) is 0 Å². The molecule has 0 amide bonds. The van der Waals surface area contributed by atoms with Gasteiger partial charge in [0, 0.05) is 41.6 Å². The molecule has 0 aliphatic rings. The van der Waals surface area contributed by atoms with Crippen LogP contribution >= 0.6 is 15.9 Å². The zero-order valence-electron chi connectivity index (χ0n) is 8.52. The number of alkyl halides is 1. The summed E-state index contributed by atoms with van der Waals surface area (Å²) in [4.78, 5) is 4.01. The third-order valence-corrected chi connectivity index (χ3v) is 2.86. The van der Waals surface area contributed by atoms with Gasteiger partial charge in [-0.3, -0.25) is 9.67 Å². The second-order valence-electron chi connectivity index (χ2n) is 3.23. The van der Waals surface area contributed by atoms with Crippen LogP contribution in [0.25, 0.3) is 11.3 Å². The first kappa shape index (κ1) is 10.4. The van der Waals surface area contributed by atoms with Crippen LogP contribution < -0.4 is 0 Å². The predicted molar refractivity (Wildman–Crippen MR) is 63.8 cm³/mol. The molecule has 0 fully saturated rings. The molecule has 0 aliphatic carbocycles. The molecule has 0 saturated carbocycles. The summed E-state index contributed by atoms with van der Waals surface area (Å²) in [6.07, 6.45) is 5.65. The number of nitrogens with zero attached hydrogens (tertiary/aromatic N) is 3. The van der Waals surface area contributed by atoms with Gasteiger partial charge in [-0.2, -0.15) is 5.10 Å². The second-order valence-corrected chi connectivity index (χ2v) is 3.79. The minimum absolute atomic E-state index is 0.824. The van der Waals surface area contributed by atoms with Gasteiger partial charge in [0.2, 0.25) is 0 Å². The highest BCUT2D eigenvalue weighted by Gasteiger charge is 2.08. The van der Waals surface area contributed by atoms with E-state index in [2.05, 4.69) is 39.1 Å². The summed E-state index contributed by atoms with van der Waals surface area (Å²) in [6.45, 7) is 2.98. The van der Waals surface area contributed by atoms with Crippen molar-refractivity contribution in [3.8, 4) is 11.3 Å². The predicted octanol–water partition coefficient (Wildman–Crippen LogP) is 2.86. The minimum atomic E-state index is 0.824. The number of rotatable bonds is 3. The first-order valence-corrected chi connectivity index (χ1v) is 6.00. The van der Waals surface area contributed by atoms with Crippen LogP contribution in [0.15, 0.2) is 30.7 Å². The minimum Gasteiger partial charge on any atom is -0.272 e. The van der Waals surface area contributed by atoms with Crippen LogP contribution in [0.5, 0.6) is 0 Å². The van der Waals surface area contributed by atoms with E-state index in [0.717, 1.165) is 23.1 Å². The van der Waals surface area contributed by atoms with Crippen LogP contribution in [0, 0.1) is 0 Å². The van der Waals surface area contributed by atoms with Crippen LogP contribution in [0.3, 0.4) is 0 Å². The fraction of sp³-hybridized carbons (Fsp3) is 0.273. The molecule has 2 aromatic rings. The molecular weight excluding hydrogens is 254 g/mol. The molecule has 15 heavy (non-hydrogen) atoms. The number of halogens is 1. The van der Waals surface area contributed by atoms with Crippen molar-refractivity contribution in [2.45, 2.75) is 18.8 Å². The van der Waals surface area contributed by atoms with Crippen LogP contribution in [0.1, 0.15) is 12.5 Å². The summed E-state index contributed by atoms with van der Waals surface area (Å²) in [5.41, 5.74) is 3.37. The highest BCUT2D eigenvalue weighted by Crippen LogP contribution is 2.23. The van der Waals surface area contributed by atoms with Crippen molar-refractivity contribution in [2.24, 2.45) is 0 Å². The van der Waals surface area contributed by atoms with E-state index in [1.54, 1.807) is 12.4 Å². The highest BCUT2D eigenvalue weighted by molar-refractivity contribution is 9.08. The van der Waals surface area contributed by atoms with E-state index in [1.807, 2.05) is 16.8 Å². The summed E-state index contributed by atoms with van der Waals surface area (Å²) in [6, 6.07) is 3.96. The largest absolute Gasteiger partial charge is 0.272 e. The molecule has 0 unspecified atom stereocenters. The summed E-state index contributed by atoms with van der Waals surface area (Å²) in [5, 5.41) is 5.35. The maximum atomic E-state index is 4.53. The SMILES string of the molecule is CCn1cc(CBr)c(-c2ccncc2)n1. The third kappa shape index (κ3) is 2.09. The standard InChI is InChI=1S/C11H12BrN3/c1-2-15-8-10(7-12)11(14-15)9-3-5-13-6-4-9/h3-6,8H,2,7H2,1H3.